The fourth-order valence-electron chi connectivity index (χ4n) is 1.30. The highest BCUT2D eigenvalue weighted by atomic mass is 35.5. The molecule has 1 rings (SSSR count). The first-order valence-corrected chi connectivity index (χ1v) is 8.96. The summed E-state index contributed by atoms with van der Waals surface area (Å²) in [5, 5.41) is 0.759. The Morgan fingerprint density at radius 3 is 2.53 bits per heavy atom. The van der Waals surface area contributed by atoms with Crippen molar-refractivity contribution in [1.82, 2.24) is 0 Å². The number of hydrogen-bond donors (Lipinski definition) is 1. The van der Waals surface area contributed by atoms with E-state index in [9.17, 15) is 0 Å². The fourth-order valence-corrected chi connectivity index (χ4v) is 2.81. The summed E-state index contributed by atoms with van der Waals surface area (Å²) >= 11 is 14.9. The molecule has 0 spiro atoms. The lowest BCUT2D eigenvalue weighted by atomic mass is 10.1. The largest absolute Gasteiger partial charge is 0.341 e. The Balaban J connectivity index is 2.58. The van der Waals surface area contributed by atoms with Gasteiger partial charge >= 0.3 is 0 Å². The van der Waals surface area contributed by atoms with Gasteiger partial charge in [0.05, 0.1) is 6.10 Å². The molecule has 0 aromatic heterocycles. The average Bonchev–Trinajstić information content (AvgIpc) is 2.19. The highest BCUT2D eigenvalue weighted by molar-refractivity contribution is 8.54. The Morgan fingerprint density at radius 2 is 2.07 bits per heavy atom. The SMILES string of the molecule is CCC(Cc1ccc(Cl)cc1)O[PH](=S)S. The van der Waals surface area contributed by atoms with Gasteiger partial charge in [0.25, 0.3) is 0 Å². The van der Waals surface area contributed by atoms with E-state index in [0.717, 1.165) is 17.9 Å². The predicted octanol–water partition coefficient (Wildman–Crippen LogP) is 4.11. The van der Waals surface area contributed by atoms with E-state index in [2.05, 4.69) is 19.2 Å². The number of hydrogen-bond acceptors (Lipinski definition) is 2. The molecule has 0 radical (unpaired) electrons. The summed E-state index contributed by atoms with van der Waals surface area (Å²) in [6.07, 6.45) is 0.682. The molecule has 0 N–H and O–H groups in total. The molecule has 1 aromatic carbocycles. The first kappa shape index (κ1) is 13.5. The molecule has 0 bridgehead atoms. The van der Waals surface area contributed by atoms with Crippen LogP contribution in [0.3, 0.4) is 0 Å². The van der Waals surface area contributed by atoms with Gasteiger partial charge in [-0.1, -0.05) is 42.5 Å². The van der Waals surface area contributed by atoms with E-state index in [-0.39, 0.29) is 6.10 Å². The molecular formula is C10H14ClOPS2. The highest BCUT2D eigenvalue weighted by Crippen LogP contribution is 2.31. The molecule has 0 saturated heterocycles. The second-order valence-corrected chi connectivity index (χ2v) is 7.69. The van der Waals surface area contributed by atoms with E-state index in [0.29, 0.717) is 0 Å². The van der Waals surface area contributed by atoms with Crippen LogP contribution in [-0.4, -0.2) is 6.10 Å². The zero-order valence-corrected chi connectivity index (χ0v) is 11.9. The van der Waals surface area contributed by atoms with Gasteiger partial charge in [0.1, 0.15) is 6.13 Å². The smallest absolute Gasteiger partial charge is 0.105 e. The molecule has 1 nitrogen and oxygen atoms in total. The lowest BCUT2D eigenvalue weighted by Gasteiger charge is -2.15. The summed E-state index contributed by atoms with van der Waals surface area (Å²) in [6, 6.07) is 7.82. The first-order valence-electron chi connectivity index (χ1n) is 4.76. The van der Waals surface area contributed by atoms with Crippen LogP contribution in [0.1, 0.15) is 18.9 Å². The van der Waals surface area contributed by atoms with Crippen LogP contribution >= 0.6 is 30.0 Å². The van der Waals surface area contributed by atoms with Crippen molar-refractivity contribution in [2.24, 2.45) is 0 Å². The number of halogens is 1. The minimum Gasteiger partial charge on any atom is -0.341 e. The van der Waals surface area contributed by atoms with E-state index in [1.165, 1.54) is 5.56 Å². The maximum atomic E-state index is 5.81. The van der Waals surface area contributed by atoms with Gasteiger partial charge in [0.15, 0.2) is 0 Å². The molecule has 5 heteroatoms. The predicted molar refractivity (Wildman–Crippen MR) is 75.0 cm³/mol. The second-order valence-electron chi connectivity index (χ2n) is 3.24. The topological polar surface area (TPSA) is 9.23 Å². The van der Waals surface area contributed by atoms with Crippen molar-refractivity contribution in [2.45, 2.75) is 25.9 Å². The van der Waals surface area contributed by atoms with Crippen LogP contribution < -0.4 is 0 Å². The molecule has 0 saturated carbocycles. The minimum atomic E-state index is -1.32. The molecule has 0 fully saturated rings. The Hall–Kier alpha value is 0.470. The number of benzene rings is 1. The van der Waals surface area contributed by atoms with Crippen LogP contribution in [0, 0.1) is 0 Å². The number of rotatable bonds is 5. The van der Waals surface area contributed by atoms with Crippen molar-refractivity contribution in [3.63, 3.8) is 0 Å². The zero-order valence-electron chi connectivity index (χ0n) is 8.44. The number of thiol groups is 1. The van der Waals surface area contributed by atoms with Crippen molar-refractivity contribution in [3.05, 3.63) is 34.9 Å². The van der Waals surface area contributed by atoms with Gasteiger partial charge in [0, 0.05) is 5.02 Å². The maximum Gasteiger partial charge on any atom is 0.105 e. The lowest BCUT2D eigenvalue weighted by molar-refractivity contribution is 0.232. The Kier molecular flexibility index (Phi) is 6.25. The van der Waals surface area contributed by atoms with Crippen molar-refractivity contribution in [3.8, 4) is 0 Å². The third-order valence-corrected chi connectivity index (χ3v) is 3.49. The summed E-state index contributed by atoms with van der Waals surface area (Å²) in [7, 11) is 0. The summed E-state index contributed by atoms with van der Waals surface area (Å²) in [5.74, 6) is 0. The lowest BCUT2D eigenvalue weighted by Crippen LogP contribution is -2.10. The van der Waals surface area contributed by atoms with E-state index in [1.807, 2.05) is 24.3 Å². The van der Waals surface area contributed by atoms with Gasteiger partial charge in [0.2, 0.25) is 0 Å². The molecule has 0 amide bonds. The van der Waals surface area contributed by atoms with Gasteiger partial charge in [-0.05, 0) is 30.5 Å². The average molecular weight is 281 g/mol. The normalized spacial score (nSPS) is 14.9. The Bertz CT molecular complexity index is 329. The van der Waals surface area contributed by atoms with Crippen LogP contribution in [0.15, 0.2) is 24.3 Å². The molecule has 2 unspecified atom stereocenters. The molecule has 0 aliphatic rings. The van der Waals surface area contributed by atoms with Crippen LogP contribution in [0.4, 0.5) is 0 Å². The summed E-state index contributed by atoms with van der Waals surface area (Å²) in [6.45, 7) is 2.09. The van der Waals surface area contributed by atoms with E-state index in [4.69, 9.17) is 27.9 Å². The Labute approximate surface area is 107 Å². The van der Waals surface area contributed by atoms with Gasteiger partial charge in [-0.3, -0.25) is 0 Å². The van der Waals surface area contributed by atoms with Crippen LogP contribution in [-0.2, 0) is 22.8 Å². The third kappa shape index (κ3) is 5.37. The molecular weight excluding hydrogens is 267 g/mol. The molecule has 0 aliphatic carbocycles. The molecule has 1 aromatic rings. The third-order valence-electron chi connectivity index (χ3n) is 2.10. The minimum absolute atomic E-state index is 0.176. The van der Waals surface area contributed by atoms with Gasteiger partial charge in [-0.15, -0.1) is 12.2 Å². The van der Waals surface area contributed by atoms with E-state index >= 15 is 0 Å². The summed E-state index contributed by atoms with van der Waals surface area (Å²) < 4.78 is 5.58. The maximum absolute atomic E-state index is 5.81. The van der Waals surface area contributed by atoms with Crippen molar-refractivity contribution >= 4 is 41.8 Å². The quantitative estimate of drug-likeness (QED) is 0.642. The van der Waals surface area contributed by atoms with Gasteiger partial charge < -0.3 is 4.52 Å². The van der Waals surface area contributed by atoms with E-state index in [1.54, 1.807) is 0 Å². The molecule has 15 heavy (non-hydrogen) atoms. The summed E-state index contributed by atoms with van der Waals surface area (Å²) in [5.41, 5.74) is 1.22. The standard InChI is InChI=1S/C10H14ClOPS2/c1-2-10(12-13(14)15)7-8-3-5-9(11)6-4-8/h3-6,10,13H,2,7H2,1H3,(H,14,15). The molecule has 2 atom stereocenters. The zero-order chi connectivity index (χ0) is 11.3. The summed E-state index contributed by atoms with van der Waals surface area (Å²) in [4.78, 5) is 0. The van der Waals surface area contributed by atoms with Crippen LogP contribution in [0.2, 0.25) is 5.02 Å². The van der Waals surface area contributed by atoms with E-state index < -0.39 is 6.13 Å². The highest BCUT2D eigenvalue weighted by Gasteiger charge is 2.08. The van der Waals surface area contributed by atoms with Gasteiger partial charge in [-0.2, -0.15) is 0 Å². The molecule has 84 valence electrons. The monoisotopic (exact) mass is 280 g/mol. The van der Waals surface area contributed by atoms with Crippen molar-refractivity contribution in [1.29, 1.82) is 0 Å². The Morgan fingerprint density at radius 1 is 1.47 bits per heavy atom. The first-order chi connectivity index (χ1) is 7.11. The second kappa shape index (κ2) is 6.93. The van der Waals surface area contributed by atoms with Crippen molar-refractivity contribution in [2.75, 3.05) is 0 Å². The van der Waals surface area contributed by atoms with Gasteiger partial charge in [-0.25, -0.2) is 0 Å². The van der Waals surface area contributed by atoms with Crippen LogP contribution in [0.5, 0.6) is 0 Å². The fraction of sp³-hybridized carbons (Fsp3) is 0.400. The van der Waals surface area contributed by atoms with Crippen LogP contribution in [0.25, 0.3) is 0 Å². The molecule has 0 heterocycles. The van der Waals surface area contributed by atoms with Crippen molar-refractivity contribution < 1.29 is 4.52 Å². The molecule has 0 aliphatic heterocycles.